The quantitative estimate of drug-likeness (QED) is 0.712. The van der Waals surface area contributed by atoms with Gasteiger partial charge in [0.15, 0.2) is 0 Å². The molecule has 1 atom stereocenters. The zero-order chi connectivity index (χ0) is 20.7. The number of rotatable bonds is 7. The molecule has 0 aromatic heterocycles. The van der Waals surface area contributed by atoms with Crippen molar-refractivity contribution in [3.05, 3.63) is 29.8 Å². The summed E-state index contributed by atoms with van der Waals surface area (Å²) in [5.41, 5.74) is -0.157. The van der Waals surface area contributed by atoms with Gasteiger partial charge in [0.25, 0.3) is 0 Å². The first kappa shape index (κ1) is 22.5. The van der Waals surface area contributed by atoms with E-state index in [9.17, 15) is 14.4 Å². The molecule has 1 aromatic carbocycles. The molecular formula is C20H30N2O5. The van der Waals surface area contributed by atoms with E-state index in [1.807, 2.05) is 45.0 Å². The molecule has 0 radical (unpaired) electrons. The van der Waals surface area contributed by atoms with Gasteiger partial charge in [-0.3, -0.25) is 4.79 Å². The van der Waals surface area contributed by atoms with Crippen LogP contribution >= 0.6 is 0 Å². The summed E-state index contributed by atoms with van der Waals surface area (Å²) in [6.45, 7) is 11.0. The predicted molar refractivity (Wildman–Crippen MR) is 103 cm³/mol. The molecule has 2 N–H and O–H groups in total. The molecule has 2 amide bonds. The molecule has 150 valence electrons. The van der Waals surface area contributed by atoms with Gasteiger partial charge in [0.1, 0.15) is 29.3 Å². The van der Waals surface area contributed by atoms with E-state index in [1.165, 1.54) is 0 Å². The van der Waals surface area contributed by atoms with Crippen molar-refractivity contribution in [2.75, 3.05) is 6.54 Å². The van der Waals surface area contributed by atoms with Gasteiger partial charge in [0, 0.05) is 6.42 Å². The maximum atomic E-state index is 12.3. The van der Waals surface area contributed by atoms with Crippen molar-refractivity contribution in [1.29, 1.82) is 0 Å². The van der Waals surface area contributed by atoms with Crippen LogP contribution in [-0.4, -0.2) is 42.1 Å². The average molecular weight is 378 g/mol. The number of carbonyl (C=O) groups excluding carboxylic acids is 3. The van der Waals surface area contributed by atoms with E-state index in [4.69, 9.17) is 9.47 Å². The fourth-order valence-corrected chi connectivity index (χ4v) is 2.21. The molecule has 0 bridgehead atoms. The summed E-state index contributed by atoms with van der Waals surface area (Å²) >= 11 is 0. The van der Waals surface area contributed by atoms with Crippen LogP contribution in [0.25, 0.3) is 0 Å². The van der Waals surface area contributed by atoms with Gasteiger partial charge in [-0.05, 0) is 59.2 Å². The number of ether oxygens (including phenoxy) is 2. The van der Waals surface area contributed by atoms with E-state index in [-0.39, 0.29) is 18.6 Å². The van der Waals surface area contributed by atoms with Crippen molar-refractivity contribution in [3.8, 4) is 5.75 Å². The third kappa shape index (κ3) is 9.63. The Kier molecular flexibility index (Phi) is 7.82. The highest BCUT2D eigenvalue weighted by Crippen LogP contribution is 2.19. The lowest BCUT2D eigenvalue weighted by Crippen LogP contribution is -2.49. The second-order valence-corrected chi connectivity index (χ2v) is 8.17. The Hall–Kier alpha value is -2.57. The Bertz CT molecular complexity index is 642. The van der Waals surface area contributed by atoms with Gasteiger partial charge >= 0.3 is 6.09 Å². The number of carbonyl (C=O) groups is 3. The van der Waals surface area contributed by atoms with Crippen LogP contribution in [0, 0.1) is 0 Å². The summed E-state index contributed by atoms with van der Waals surface area (Å²) in [5.74, 6) is 0.260. The summed E-state index contributed by atoms with van der Waals surface area (Å²) < 4.78 is 11.0. The Morgan fingerprint density at radius 1 is 1.04 bits per heavy atom. The molecule has 0 saturated heterocycles. The minimum Gasteiger partial charge on any atom is -0.488 e. The monoisotopic (exact) mass is 378 g/mol. The van der Waals surface area contributed by atoms with Crippen LogP contribution < -0.4 is 15.4 Å². The van der Waals surface area contributed by atoms with Crippen molar-refractivity contribution < 1.29 is 23.9 Å². The maximum absolute atomic E-state index is 12.3. The number of aldehydes is 1. The zero-order valence-electron chi connectivity index (χ0n) is 16.9. The third-order valence-corrected chi connectivity index (χ3v) is 3.15. The van der Waals surface area contributed by atoms with Gasteiger partial charge in [-0.1, -0.05) is 12.1 Å². The second-order valence-electron chi connectivity index (χ2n) is 8.17. The number of alkyl carbamates (subject to hydrolysis) is 1. The highest BCUT2D eigenvalue weighted by atomic mass is 16.6. The Labute approximate surface area is 160 Å². The maximum Gasteiger partial charge on any atom is 0.408 e. The molecule has 0 aliphatic heterocycles. The lowest BCUT2D eigenvalue weighted by atomic mass is 10.0. The van der Waals surface area contributed by atoms with Gasteiger partial charge in [-0.25, -0.2) is 4.79 Å². The number of amides is 2. The molecule has 0 heterocycles. The fraction of sp³-hybridized carbons (Fsp3) is 0.550. The van der Waals surface area contributed by atoms with Crippen molar-refractivity contribution in [2.24, 2.45) is 0 Å². The van der Waals surface area contributed by atoms with Gasteiger partial charge in [0.05, 0.1) is 6.54 Å². The summed E-state index contributed by atoms with van der Waals surface area (Å²) in [5, 5.41) is 5.02. The van der Waals surface area contributed by atoms with Gasteiger partial charge in [0.2, 0.25) is 5.91 Å². The number of hydrogen-bond acceptors (Lipinski definition) is 5. The lowest BCUT2D eigenvalue weighted by Gasteiger charge is -2.23. The van der Waals surface area contributed by atoms with E-state index in [0.717, 1.165) is 5.56 Å². The Balaban J connectivity index is 2.85. The van der Waals surface area contributed by atoms with Crippen molar-refractivity contribution in [2.45, 2.75) is 65.2 Å². The molecule has 7 nitrogen and oxygen atoms in total. The molecule has 0 aliphatic carbocycles. The van der Waals surface area contributed by atoms with Gasteiger partial charge in [-0.2, -0.15) is 0 Å². The van der Waals surface area contributed by atoms with E-state index in [1.54, 1.807) is 20.8 Å². The molecular weight excluding hydrogens is 348 g/mol. The van der Waals surface area contributed by atoms with Crippen LogP contribution in [-0.2, 0) is 20.7 Å². The number of nitrogens with one attached hydrogen (secondary N) is 2. The summed E-state index contributed by atoms with van der Waals surface area (Å²) in [4.78, 5) is 34.9. The van der Waals surface area contributed by atoms with E-state index >= 15 is 0 Å². The third-order valence-electron chi connectivity index (χ3n) is 3.15. The molecule has 0 saturated carbocycles. The van der Waals surface area contributed by atoms with Crippen LogP contribution in [0.15, 0.2) is 24.3 Å². The summed E-state index contributed by atoms with van der Waals surface area (Å²) in [6.07, 6.45) is 0.141. The van der Waals surface area contributed by atoms with E-state index in [2.05, 4.69) is 10.6 Å². The van der Waals surface area contributed by atoms with Crippen LogP contribution in [0.4, 0.5) is 4.79 Å². The second kappa shape index (κ2) is 9.39. The zero-order valence-corrected chi connectivity index (χ0v) is 16.9. The largest absolute Gasteiger partial charge is 0.488 e. The molecule has 0 unspecified atom stereocenters. The molecule has 27 heavy (non-hydrogen) atoms. The first-order valence-electron chi connectivity index (χ1n) is 8.88. The molecule has 0 spiro atoms. The standard InChI is InChI=1S/C20H30N2O5/c1-19(2,3)26-15-9-7-14(8-10-15)13-16(17(24)21-11-12-23)22-18(25)27-20(4,5)6/h7-10,12,16H,11,13H2,1-6H3,(H,21,24)(H,22,25)/t16-/m0/s1. The van der Waals surface area contributed by atoms with E-state index < -0.39 is 23.6 Å². The first-order chi connectivity index (χ1) is 12.4. The number of benzene rings is 1. The van der Waals surface area contributed by atoms with Crippen molar-refractivity contribution >= 4 is 18.3 Å². The van der Waals surface area contributed by atoms with E-state index in [0.29, 0.717) is 12.0 Å². The number of hydrogen-bond donors (Lipinski definition) is 2. The SMILES string of the molecule is CC(C)(C)OC(=O)N[C@@H](Cc1ccc(OC(C)(C)C)cc1)C(=O)NCC=O. The molecule has 7 heteroatoms. The minimum absolute atomic E-state index is 0.121. The summed E-state index contributed by atoms with van der Waals surface area (Å²) in [7, 11) is 0. The molecule has 0 aliphatic rings. The molecule has 1 aromatic rings. The molecule has 1 rings (SSSR count). The normalized spacial score (nSPS) is 12.7. The van der Waals surface area contributed by atoms with Gasteiger partial charge in [-0.15, -0.1) is 0 Å². The fourth-order valence-electron chi connectivity index (χ4n) is 2.21. The van der Waals surface area contributed by atoms with Crippen LogP contribution in [0.2, 0.25) is 0 Å². The molecule has 0 fully saturated rings. The Morgan fingerprint density at radius 3 is 2.11 bits per heavy atom. The van der Waals surface area contributed by atoms with Crippen LogP contribution in [0.1, 0.15) is 47.1 Å². The minimum atomic E-state index is -0.866. The van der Waals surface area contributed by atoms with Gasteiger partial charge < -0.3 is 24.9 Å². The van der Waals surface area contributed by atoms with Crippen molar-refractivity contribution in [1.82, 2.24) is 10.6 Å². The Morgan fingerprint density at radius 2 is 1.63 bits per heavy atom. The highest BCUT2D eigenvalue weighted by molar-refractivity contribution is 5.87. The lowest BCUT2D eigenvalue weighted by molar-refractivity contribution is -0.124. The first-order valence-corrected chi connectivity index (χ1v) is 8.88. The highest BCUT2D eigenvalue weighted by Gasteiger charge is 2.24. The summed E-state index contributed by atoms with van der Waals surface area (Å²) in [6, 6.07) is 6.42. The average Bonchev–Trinajstić information content (AvgIpc) is 2.50. The topological polar surface area (TPSA) is 93.7 Å². The van der Waals surface area contributed by atoms with Crippen LogP contribution in [0.3, 0.4) is 0 Å². The van der Waals surface area contributed by atoms with Crippen LogP contribution in [0.5, 0.6) is 5.75 Å². The smallest absolute Gasteiger partial charge is 0.408 e. The van der Waals surface area contributed by atoms with Crippen molar-refractivity contribution in [3.63, 3.8) is 0 Å². The predicted octanol–water partition coefficient (Wildman–Crippen LogP) is 2.61.